The van der Waals surface area contributed by atoms with E-state index in [1.54, 1.807) is 14.0 Å². The zero-order valence-corrected chi connectivity index (χ0v) is 12.0. The fourth-order valence-corrected chi connectivity index (χ4v) is 2.50. The number of hydrogen-bond acceptors (Lipinski definition) is 4. The Labute approximate surface area is 119 Å². The van der Waals surface area contributed by atoms with Gasteiger partial charge in [-0.1, -0.05) is 18.2 Å². The number of carbonyl (C=O) groups is 1. The summed E-state index contributed by atoms with van der Waals surface area (Å²) in [6.07, 6.45) is 2.21. The van der Waals surface area contributed by atoms with E-state index in [4.69, 9.17) is 15.2 Å². The summed E-state index contributed by atoms with van der Waals surface area (Å²) in [5, 5.41) is 3.25. The van der Waals surface area contributed by atoms with Gasteiger partial charge < -0.3 is 15.2 Å². The molecule has 3 N–H and O–H groups in total. The summed E-state index contributed by atoms with van der Waals surface area (Å²) in [5.41, 5.74) is 5.38. The highest BCUT2D eigenvalue weighted by molar-refractivity contribution is 5.86. The molecule has 1 saturated heterocycles. The van der Waals surface area contributed by atoms with Crippen molar-refractivity contribution in [3.05, 3.63) is 29.8 Å². The van der Waals surface area contributed by atoms with Crippen LogP contribution in [0.5, 0.6) is 5.75 Å². The summed E-state index contributed by atoms with van der Waals surface area (Å²) < 4.78 is 10.9. The lowest BCUT2D eigenvalue weighted by Crippen LogP contribution is -2.52. The number of para-hydroxylation sites is 1. The van der Waals surface area contributed by atoms with E-state index >= 15 is 0 Å². The monoisotopic (exact) mass is 278 g/mol. The van der Waals surface area contributed by atoms with Crippen LogP contribution in [0.3, 0.4) is 0 Å². The molecule has 0 bridgehead atoms. The number of hydrogen-bond donors (Lipinski definition) is 2. The number of methoxy groups -OCH3 is 1. The molecule has 0 aromatic heterocycles. The number of carbonyl (C=O) groups excluding carboxylic acids is 1. The Hall–Kier alpha value is -1.59. The first-order valence-electron chi connectivity index (χ1n) is 6.88. The quantitative estimate of drug-likeness (QED) is 0.819. The molecular weight excluding hydrogens is 256 g/mol. The number of ether oxygens (including phenoxy) is 2. The SMILES string of the molecule is COc1ccccc1C(C)(NCC1CCCO1)C(N)=O. The first kappa shape index (κ1) is 14.8. The molecule has 0 saturated carbocycles. The van der Waals surface area contributed by atoms with Gasteiger partial charge >= 0.3 is 0 Å². The number of nitrogens with one attached hydrogen (secondary N) is 1. The zero-order valence-electron chi connectivity index (χ0n) is 12.0. The van der Waals surface area contributed by atoms with Gasteiger partial charge in [0.05, 0.1) is 13.2 Å². The lowest BCUT2D eigenvalue weighted by atomic mass is 9.90. The van der Waals surface area contributed by atoms with Crippen LogP contribution in [-0.4, -0.2) is 32.3 Å². The molecule has 0 spiro atoms. The standard InChI is InChI=1S/C15H22N2O3/c1-15(14(16)18,17-10-11-6-5-9-20-11)12-7-3-4-8-13(12)19-2/h3-4,7-8,11,17H,5-6,9-10H2,1-2H3,(H2,16,18). The van der Waals surface area contributed by atoms with Crippen molar-refractivity contribution in [2.24, 2.45) is 5.73 Å². The second-order valence-corrected chi connectivity index (χ2v) is 5.21. The Morgan fingerprint density at radius 1 is 1.55 bits per heavy atom. The molecule has 110 valence electrons. The van der Waals surface area contributed by atoms with Gasteiger partial charge in [0, 0.05) is 18.7 Å². The second kappa shape index (κ2) is 6.24. The van der Waals surface area contributed by atoms with Crippen LogP contribution in [0.15, 0.2) is 24.3 Å². The minimum Gasteiger partial charge on any atom is -0.496 e. The molecule has 2 rings (SSSR count). The highest BCUT2D eigenvalue weighted by atomic mass is 16.5. The van der Waals surface area contributed by atoms with Crippen molar-refractivity contribution in [2.75, 3.05) is 20.3 Å². The molecule has 1 aromatic carbocycles. The smallest absolute Gasteiger partial charge is 0.242 e. The molecule has 5 heteroatoms. The van der Waals surface area contributed by atoms with Crippen LogP contribution in [0.25, 0.3) is 0 Å². The Morgan fingerprint density at radius 3 is 2.90 bits per heavy atom. The van der Waals surface area contributed by atoms with Gasteiger partial charge in [0.1, 0.15) is 11.3 Å². The molecule has 1 fully saturated rings. The van der Waals surface area contributed by atoms with Crippen LogP contribution in [0.2, 0.25) is 0 Å². The summed E-state index contributed by atoms with van der Waals surface area (Å²) in [6, 6.07) is 7.41. The molecular formula is C15H22N2O3. The predicted octanol–water partition coefficient (Wildman–Crippen LogP) is 1.16. The van der Waals surface area contributed by atoms with E-state index in [0.29, 0.717) is 12.3 Å². The molecule has 1 aromatic rings. The number of amides is 1. The highest BCUT2D eigenvalue weighted by Crippen LogP contribution is 2.30. The Morgan fingerprint density at radius 2 is 2.30 bits per heavy atom. The van der Waals surface area contributed by atoms with Crippen LogP contribution in [0.1, 0.15) is 25.3 Å². The number of rotatable bonds is 6. The van der Waals surface area contributed by atoms with Gasteiger partial charge in [-0.25, -0.2) is 0 Å². The molecule has 0 aliphatic carbocycles. The van der Waals surface area contributed by atoms with E-state index in [0.717, 1.165) is 25.0 Å². The molecule has 2 unspecified atom stereocenters. The third-order valence-electron chi connectivity index (χ3n) is 3.85. The third-order valence-corrected chi connectivity index (χ3v) is 3.85. The van der Waals surface area contributed by atoms with Gasteiger partial charge in [-0.3, -0.25) is 10.1 Å². The predicted molar refractivity (Wildman–Crippen MR) is 76.5 cm³/mol. The molecule has 1 aliphatic rings. The molecule has 5 nitrogen and oxygen atoms in total. The van der Waals surface area contributed by atoms with Crippen molar-refractivity contribution in [2.45, 2.75) is 31.4 Å². The number of primary amides is 1. The second-order valence-electron chi connectivity index (χ2n) is 5.21. The average Bonchev–Trinajstić information content (AvgIpc) is 2.97. The number of nitrogens with two attached hydrogens (primary N) is 1. The maximum Gasteiger partial charge on any atom is 0.242 e. The third kappa shape index (κ3) is 2.94. The van der Waals surface area contributed by atoms with Crippen molar-refractivity contribution in [1.82, 2.24) is 5.32 Å². The van der Waals surface area contributed by atoms with Crippen molar-refractivity contribution in [3.63, 3.8) is 0 Å². The molecule has 20 heavy (non-hydrogen) atoms. The molecule has 1 amide bonds. The largest absolute Gasteiger partial charge is 0.496 e. The molecule has 1 heterocycles. The van der Waals surface area contributed by atoms with E-state index in [1.807, 2.05) is 24.3 Å². The van der Waals surface area contributed by atoms with E-state index in [2.05, 4.69) is 5.32 Å². The summed E-state index contributed by atoms with van der Waals surface area (Å²) in [7, 11) is 1.58. The van der Waals surface area contributed by atoms with E-state index in [-0.39, 0.29) is 6.10 Å². The molecule has 0 radical (unpaired) electrons. The summed E-state index contributed by atoms with van der Waals surface area (Å²) >= 11 is 0. The van der Waals surface area contributed by atoms with Crippen LogP contribution < -0.4 is 15.8 Å². The van der Waals surface area contributed by atoms with Gasteiger partial charge in [-0.2, -0.15) is 0 Å². The van der Waals surface area contributed by atoms with Crippen molar-refractivity contribution >= 4 is 5.91 Å². The van der Waals surface area contributed by atoms with Crippen LogP contribution >= 0.6 is 0 Å². The Balaban J connectivity index is 2.21. The Kier molecular flexibility index (Phi) is 4.62. The zero-order chi connectivity index (χ0) is 14.6. The lowest BCUT2D eigenvalue weighted by molar-refractivity contribution is -0.124. The normalized spacial score (nSPS) is 21.4. The van der Waals surface area contributed by atoms with Gasteiger partial charge in [-0.05, 0) is 25.8 Å². The van der Waals surface area contributed by atoms with Crippen LogP contribution in [0, 0.1) is 0 Å². The highest BCUT2D eigenvalue weighted by Gasteiger charge is 2.36. The summed E-state index contributed by atoms with van der Waals surface area (Å²) in [6.45, 7) is 3.16. The minimum atomic E-state index is -0.974. The maximum absolute atomic E-state index is 12.0. The summed E-state index contributed by atoms with van der Waals surface area (Å²) in [4.78, 5) is 12.0. The van der Waals surface area contributed by atoms with Crippen molar-refractivity contribution in [3.8, 4) is 5.75 Å². The number of benzene rings is 1. The lowest BCUT2D eigenvalue weighted by Gasteiger charge is -2.30. The summed E-state index contributed by atoms with van der Waals surface area (Å²) in [5.74, 6) is 0.216. The minimum absolute atomic E-state index is 0.142. The van der Waals surface area contributed by atoms with Crippen molar-refractivity contribution < 1.29 is 14.3 Å². The van der Waals surface area contributed by atoms with Gasteiger partial charge in [0.15, 0.2) is 0 Å². The fraction of sp³-hybridized carbons (Fsp3) is 0.533. The first-order valence-corrected chi connectivity index (χ1v) is 6.88. The first-order chi connectivity index (χ1) is 9.58. The average molecular weight is 278 g/mol. The van der Waals surface area contributed by atoms with Gasteiger partial charge in [0.25, 0.3) is 0 Å². The van der Waals surface area contributed by atoms with Crippen molar-refractivity contribution in [1.29, 1.82) is 0 Å². The van der Waals surface area contributed by atoms with E-state index < -0.39 is 11.4 Å². The van der Waals surface area contributed by atoms with Crippen LogP contribution in [0.4, 0.5) is 0 Å². The fourth-order valence-electron chi connectivity index (χ4n) is 2.50. The van der Waals surface area contributed by atoms with E-state index in [9.17, 15) is 4.79 Å². The van der Waals surface area contributed by atoms with Gasteiger partial charge in [0.2, 0.25) is 5.91 Å². The van der Waals surface area contributed by atoms with E-state index in [1.165, 1.54) is 0 Å². The maximum atomic E-state index is 12.0. The van der Waals surface area contributed by atoms with Crippen LogP contribution in [-0.2, 0) is 15.1 Å². The Bertz CT molecular complexity index is 472. The van der Waals surface area contributed by atoms with Gasteiger partial charge in [-0.15, -0.1) is 0 Å². The molecule has 1 aliphatic heterocycles. The molecule has 2 atom stereocenters. The topological polar surface area (TPSA) is 73.6 Å².